The zero-order valence-corrected chi connectivity index (χ0v) is 19.0. The quantitative estimate of drug-likeness (QED) is 0.584. The number of piperidine rings is 1. The van der Waals surface area contributed by atoms with Gasteiger partial charge in [0, 0.05) is 50.0 Å². The van der Waals surface area contributed by atoms with Crippen molar-refractivity contribution in [2.75, 3.05) is 39.9 Å². The minimum Gasteiger partial charge on any atom is -0.497 e. The fraction of sp³-hybridized carbons (Fsp3) is 0.519. The summed E-state index contributed by atoms with van der Waals surface area (Å²) in [7, 11) is 1.71. The van der Waals surface area contributed by atoms with Crippen LogP contribution in [-0.4, -0.2) is 61.6 Å². The SMILES string of the molecule is COc1ccc([C@H]2CN(C(=O)C3CC3)[C@@H]3CCN(CCCOc4ccccc4)C[C@H]23)cc1. The number of ether oxygens (including phenoxy) is 2. The summed E-state index contributed by atoms with van der Waals surface area (Å²) < 4.78 is 11.2. The van der Waals surface area contributed by atoms with E-state index < -0.39 is 0 Å². The largest absolute Gasteiger partial charge is 0.497 e. The first kappa shape index (κ1) is 21.3. The number of fused-ring (bicyclic) bond motifs is 1. The second kappa shape index (κ2) is 9.53. The third-order valence-corrected chi connectivity index (χ3v) is 7.40. The van der Waals surface area contributed by atoms with Crippen molar-refractivity contribution in [1.82, 2.24) is 9.80 Å². The Balaban J connectivity index is 1.23. The van der Waals surface area contributed by atoms with Gasteiger partial charge in [0.25, 0.3) is 0 Å². The molecular weight excluding hydrogens is 400 g/mol. The summed E-state index contributed by atoms with van der Waals surface area (Å²) in [5, 5.41) is 0. The Labute approximate surface area is 191 Å². The van der Waals surface area contributed by atoms with E-state index in [0.717, 1.165) is 70.0 Å². The van der Waals surface area contributed by atoms with E-state index in [1.54, 1.807) is 7.11 Å². The third kappa shape index (κ3) is 4.63. The van der Waals surface area contributed by atoms with Gasteiger partial charge in [-0.2, -0.15) is 0 Å². The topological polar surface area (TPSA) is 42.0 Å². The van der Waals surface area contributed by atoms with Crippen LogP contribution < -0.4 is 9.47 Å². The van der Waals surface area contributed by atoms with E-state index in [9.17, 15) is 4.79 Å². The molecular formula is C27H34N2O3. The molecule has 3 fully saturated rings. The molecule has 1 aliphatic carbocycles. The Morgan fingerprint density at radius 1 is 0.969 bits per heavy atom. The number of para-hydroxylation sites is 1. The highest BCUT2D eigenvalue weighted by atomic mass is 16.5. The molecule has 5 nitrogen and oxygen atoms in total. The van der Waals surface area contributed by atoms with Gasteiger partial charge < -0.3 is 19.3 Å². The predicted octanol–water partition coefficient (Wildman–Crippen LogP) is 4.19. The van der Waals surface area contributed by atoms with Crippen LogP contribution in [0.5, 0.6) is 11.5 Å². The number of methoxy groups -OCH3 is 1. The van der Waals surface area contributed by atoms with E-state index in [1.165, 1.54) is 5.56 Å². The number of carbonyl (C=O) groups excluding carboxylic acids is 1. The van der Waals surface area contributed by atoms with Crippen LogP contribution in [-0.2, 0) is 4.79 Å². The summed E-state index contributed by atoms with van der Waals surface area (Å²) >= 11 is 0. The zero-order valence-electron chi connectivity index (χ0n) is 19.0. The molecule has 2 aromatic carbocycles. The summed E-state index contributed by atoms with van der Waals surface area (Å²) in [6, 6.07) is 18.9. The standard InChI is InChI=1S/C27H34N2O3/c1-31-22-12-10-20(11-13-22)24-19-29(27(30)21-8-9-21)26-14-16-28(18-25(24)26)15-5-17-32-23-6-3-2-4-7-23/h2-4,6-7,10-13,21,24-26H,5,8-9,14-19H2,1H3/t24-,25-,26-/m1/s1. The molecule has 1 saturated carbocycles. The average Bonchev–Trinajstić information content (AvgIpc) is 3.63. The van der Waals surface area contributed by atoms with E-state index in [-0.39, 0.29) is 0 Å². The minimum atomic E-state index is 0.290. The molecule has 0 bridgehead atoms. The van der Waals surface area contributed by atoms with E-state index >= 15 is 0 Å². The van der Waals surface area contributed by atoms with Gasteiger partial charge in [-0.15, -0.1) is 0 Å². The molecule has 0 N–H and O–H groups in total. The van der Waals surface area contributed by atoms with Crippen LogP contribution in [0.4, 0.5) is 0 Å². The molecule has 3 atom stereocenters. The molecule has 0 aromatic heterocycles. The Hall–Kier alpha value is -2.53. The molecule has 0 radical (unpaired) electrons. The molecule has 2 aliphatic heterocycles. The molecule has 170 valence electrons. The summed E-state index contributed by atoms with van der Waals surface area (Å²) in [5.41, 5.74) is 1.33. The Morgan fingerprint density at radius 2 is 1.75 bits per heavy atom. The maximum Gasteiger partial charge on any atom is 0.225 e. The summed E-state index contributed by atoms with van der Waals surface area (Å²) in [4.78, 5) is 17.9. The number of amides is 1. The maximum absolute atomic E-state index is 13.0. The first-order valence-electron chi connectivity index (χ1n) is 12.1. The van der Waals surface area contributed by atoms with Crippen LogP contribution >= 0.6 is 0 Å². The number of benzene rings is 2. The van der Waals surface area contributed by atoms with Gasteiger partial charge in [0.1, 0.15) is 11.5 Å². The van der Waals surface area contributed by atoms with Crippen LogP contribution in [0.25, 0.3) is 0 Å². The molecule has 2 aromatic rings. The summed E-state index contributed by atoms with van der Waals surface area (Å²) in [5.74, 6) is 3.42. The summed E-state index contributed by atoms with van der Waals surface area (Å²) in [6.45, 7) is 4.77. The number of nitrogens with zero attached hydrogens (tertiary/aromatic N) is 2. The van der Waals surface area contributed by atoms with Gasteiger partial charge in [0.05, 0.1) is 13.7 Å². The number of carbonyl (C=O) groups is 1. The first-order valence-corrected chi connectivity index (χ1v) is 12.1. The Kier molecular flexibility index (Phi) is 6.35. The molecule has 5 rings (SSSR count). The van der Waals surface area contributed by atoms with E-state index in [0.29, 0.717) is 29.7 Å². The fourth-order valence-corrected chi connectivity index (χ4v) is 5.52. The lowest BCUT2D eigenvalue weighted by Crippen LogP contribution is -2.48. The Morgan fingerprint density at radius 3 is 2.47 bits per heavy atom. The first-order chi connectivity index (χ1) is 15.7. The molecule has 0 spiro atoms. The zero-order chi connectivity index (χ0) is 21.9. The fourth-order valence-electron chi connectivity index (χ4n) is 5.52. The van der Waals surface area contributed by atoms with E-state index in [1.807, 2.05) is 30.3 Å². The van der Waals surface area contributed by atoms with E-state index in [2.05, 4.69) is 34.1 Å². The van der Waals surface area contributed by atoms with Gasteiger partial charge in [-0.25, -0.2) is 0 Å². The van der Waals surface area contributed by atoms with Gasteiger partial charge in [-0.1, -0.05) is 30.3 Å². The molecule has 0 unspecified atom stereocenters. The van der Waals surface area contributed by atoms with E-state index in [4.69, 9.17) is 9.47 Å². The highest BCUT2D eigenvalue weighted by Crippen LogP contribution is 2.44. The predicted molar refractivity (Wildman–Crippen MR) is 125 cm³/mol. The van der Waals surface area contributed by atoms with Gasteiger partial charge in [0.2, 0.25) is 5.91 Å². The molecule has 2 saturated heterocycles. The molecule has 32 heavy (non-hydrogen) atoms. The number of hydrogen-bond donors (Lipinski definition) is 0. The van der Waals surface area contributed by atoms with Crippen LogP contribution in [0.1, 0.15) is 37.2 Å². The van der Waals surface area contributed by atoms with Crippen LogP contribution in [0.15, 0.2) is 54.6 Å². The van der Waals surface area contributed by atoms with Crippen molar-refractivity contribution in [2.24, 2.45) is 11.8 Å². The lowest BCUT2D eigenvalue weighted by atomic mass is 9.81. The normalized spacial score (nSPS) is 25.4. The average molecular weight is 435 g/mol. The molecule has 1 amide bonds. The van der Waals surface area contributed by atoms with Crippen molar-refractivity contribution in [1.29, 1.82) is 0 Å². The smallest absolute Gasteiger partial charge is 0.225 e. The van der Waals surface area contributed by atoms with Crippen LogP contribution in [0.3, 0.4) is 0 Å². The molecule has 5 heteroatoms. The van der Waals surface area contributed by atoms with Crippen LogP contribution in [0, 0.1) is 11.8 Å². The molecule has 2 heterocycles. The second-order valence-electron chi connectivity index (χ2n) is 9.48. The van der Waals surface area contributed by atoms with Gasteiger partial charge in [-0.05, 0) is 55.5 Å². The summed E-state index contributed by atoms with van der Waals surface area (Å²) in [6.07, 6.45) is 4.25. The number of hydrogen-bond acceptors (Lipinski definition) is 4. The monoisotopic (exact) mass is 434 g/mol. The highest BCUT2D eigenvalue weighted by Gasteiger charge is 2.49. The highest BCUT2D eigenvalue weighted by molar-refractivity contribution is 5.82. The van der Waals surface area contributed by atoms with Gasteiger partial charge in [-0.3, -0.25) is 4.79 Å². The van der Waals surface area contributed by atoms with Crippen molar-refractivity contribution in [2.45, 2.75) is 37.6 Å². The second-order valence-corrected chi connectivity index (χ2v) is 9.48. The third-order valence-electron chi connectivity index (χ3n) is 7.40. The van der Waals surface area contributed by atoms with Crippen molar-refractivity contribution in [3.63, 3.8) is 0 Å². The van der Waals surface area contributed by atoms with Gasteiger partial charge in [0.15, 0.2) is 0 Å². The van der Waals surface area contributed by atoms with Gasteiger partial charge >= 0.3 is 0 Å². The maximum atomic E-state index is 13.0. The van der Waals surface area contributed by atoms with Crippen molar-refractivity contribution >= 4 is 5.91 Å². The van der Waals surface area contributed by atoms with Crippen molar-refractivity contribution in [3.05, 3.63) is 60.2 Å². The van der Waals surface area contributed by atoms with Crippen molar-refractivity contribution in [3.8, 4) is 11.5 Å². The molecule has 3 aliphatic rings. The Bertz CT molecular complexity index is 897. The van der Waals surface area contributed by atoms with Crippen molar-refractivity contribution < 1.29 is 14.3 Å². The lowest BCUT2D eigenvalue weighted by Gasteiger charge is -2.39. The number of rotatable bonds is 8. The lowest BCUT2D eigenvalue weighted by molar-refractivity contribution is -0.134. The minimum absolute atomic E-state index is 0.290. The number of likely N-dealkylation sites (tertiary alicyclic amines) is 2. The van der Waals surface area contributed by atoms with Crippen LogP contribution in [0.2, 0.25) is 0 Å².